The van der Waals surface area contributed by atoms with Crippen molar-refractivity contribution in [3.63, 3.8) is 0 Å². The third-order valence-electron chi connectivity index (χ3n) is 4.65. The molecule has 0 radical (unpaired) electrons. The van der Waals surface area contributed by atoms with Crippen LogP contribution in [0, 0.1) is 0 Å². The maximum atomic E-state index is 5.83. The van der Waals surface area contributed by atoms with Gasteiger partial charge in [0.25, 0.3) is 0 Å². The van der Waals surface area contributed by atoms with Gasteiger partial charge in [-0.2, -0.15) is 0 Å². The van der Waals surface area contributed by atoms with Gasteiger partial charge in [0.05, 0.1) is 26.4 Å². The first-order valence-electron chi connectivity index (χ1n) is 10.5. The average Bonchev–Trinajstić information content (AvgIpc) is 2.71. The first-order chi connectivity index (χ1) is 14.2. The van der Waals surface area contributed by atoms with Crippen LogP contribution in [-0.2, 0) is 6.42 Å². The summed E-state index contributed by atoms with van der Waals surface area (Å²) in [5.41, 5.74) is 4.54. The zero-order valence-electron chi connectivity index (χ0n) is 18.2. The summed E-state index contributed by atoms with van der Waals surface area (Å²) in [7, 11) is 0. The number of ether oxygens (including phenoxy) is 4. The monoisotopic (exact) mass is 433 g/mol. The van der Waals surface area contributed by atoms with E-state index in [-0.39, 0.29) is 12.4 Å². The maximum Gasteiger partial charge on any atom is 0.161 e. The number of hydrogen-bond acceptors (Lipinski definition) is 5. The number of hydrogen-bond donors (Lipinski definition) is 1. The predicted octanol–water partition coefficient (Wildman–Crippen LogP) is 5.35. The predicted molar refractivity (Wildman–Crippen MR) is 124 cm³/mol. The van der Waals surface area contributed by atoms with Gasteiger partial charge in [-0.25, -0.2) is 0 Å². The van der Waals surface area contributed by atoms with E-state index in [2.05, 4.69) is 29.6 Å². The zero-order chi connectivity index (χ0) is 20.6. The molecule has 0 atom stereocenters. The first-order valence-corrected chi connectivity index (χ1v) is 10.5. The van der Waals surface area contributed by atoms with Gasteiger partial charge >= 0.3 is 0 Å². The van der Waals surface area contributed by atoms with E-state index >= 15 is 0 Å². The Bertz CT molecular complexity index is 867. The molecule has 1 aliphatic rings. The van der Waals surface area contributed by atoms with Crippen LogP contribution in [0.25, 0.3) is 11.8 Å². The number of halogens is 1. The van der Waals surface area contributed by atoms with Crippen molar-refractivity contribution in [1.29, 1.82) is 0 Å². The first kappa shape index (κ1) is 23.7. The molecule has 0 aromatic heterocycles. The van der Waals surface area contributed by atoms with Crippen LogP contribution < -0.4 is 24.3 Å². The van der Waals surface area contributed by atoms with E-state index < -0.39 is 0 Å². The molecule has 1 aliphatic heterocycles. The van der Waals surface area contributed by atoms with Crippen LogP contribution in [-0.4, -0.2) is 33.0 Å². The number of benzene rings is 2. The molecule has 30 heavy (non-hydrogen) atoms. The molecule has 5 nitrogen and oxygen atoms in total. The lowest BCUT2D eigenvalue weighted by molar-refractivity contribution is 0.287. The molecule has 0 spiro atoms. The third kappa shape index (κ3) is 5.54. The van der Waals surface area contributed by atoms with Crippen LogP contribution in [0.1, 0.15) is 44.4 Å². The fraction of sp³-hybridized carbons (Fsp3) is 0.417. The van der Waals surface area contributed by atoms with Gasteiger partial charge in [0.15, 0.2) is 23.0 Å². The molecule has 2 aromatic carbocycles. The lowest BCUT2D eigenvalue weighted by atomic mass is 9.96. The Morgan fingerprint density at radius 3 is 1.97 bits per heavy atom. The van der Waals surface area contributed by atoms with E-state index in [1.54, 1.807) is 0 Å². The van der Waals surface area contributed by atoms with Crippen LogP contribution in [0.3, 0.4) is 0 Å². The Labute approximate surface area is 185 Å². The second-order valence-electron chi connectivity index (χ2n) is 6.63. The number of fused-ring (bicyclic) bond motifs is 1. The quantitative estimate of drug-likeness (QED) is 0.577. The van der Waals surface area contributed by atoms with Gasteiger partial charge in [-0.05, 0) is 75.6 Å². The molecule has 2 aromatic rings. The highest BCUT2D eigenvalue weighted by Gasteiger charge is 2.19. The smallest absolute Gasteiger partial charge is 0.161 e. The summed E-state index contributed by atoms with van der Waals surface area (Å²) in [6, 6.07) is 10.2. The summed E-state index contributed by atoms with van der Waals surface area (Å²) in [6.45, 7) is 11.2. The molecular weight excluding hydrogens is 402 g/mol. The number of nitrogens with one attached hydrogen (secondary N) is 1. The third-order valence-corrected chi connectivity index (χ3v) is 4.65. The molecule has 0 fully saturated rings. The van der Waals surface area contributed by atoms with Gasteiger partial charge in [-0.3, -0.25) is 0 Å². The maximum absolute atomic E-state index is 5.83. The largest absolute Gasteiger partial charge is 0.490 e. The second kappa shape index (κ2) is 11.6. The van der Waals surface area contributed by atoms with Crippen molar-refractivity contribution in [2.75, 3.05) is 33.0 Å². The molecule has 0 saturated carbocycles. The van der Waals surface area contributed by atoms with E-state index in [4.69, 9.17) is 18.9 Å². The zero-order valence-corrected chi connectivity index (χ0v) is 19.1. The van der Waals surface area contributed by atoms with Crippen LogP contribution in [0.5, 0.6) is 23.0 Å². The summed E-state index contributed by atoms with van der Waals surface area (Å²) in [5, 5.41) is 3.53. The second-order valence-corrected chi connectivity index (χ2v) is 6.63. The van der Waals surface area contributed by atoms with E-state index in [1.807, 2.05) is 39.8 Å². The average molecular weight is 434 g/mol. The highest BCUT2D eigenvalue weighted by atomic mass is 35.5. The van der Waals surface area contributed by atoms with E-state index in [9.17, 15) is 0 Å². The standard InChI is InChI=1S/C24H31NO4.ClH/c1-5-26-21-10-9-17(14-22(21)27-6-2)13-20-19-16-24(29-8-4)23(28-7-3)15-18(19)11-12-25-20;/h9-10,13-16,25H,5-8,11-12H2,1-4H3;1H/b20-13-;. The number of rotatable bonds is 9. The topological polar surface area (TPSA) is 49.0 Å². The van der Waals surface area contributed by atoms with Crippen molar-refractivity contribution in [2.45, 2.75) is 34.1 Å². The highest BCUT2D eigenvalue weighted by Crippen LogP contribution is 2.36. The summed E-state index contributed by atoms with van der Waals surface area (Å²) < 4.78 is 23.1. The fourth-order valence-corrected chi connectivity index (χ4v) is 3.48. The van der Waals surface area contributed by atoms with Gasteiger partial charge in [0, 0.05) is 17.8 Å². The highest BCUT2D eigenvalue weighted by molar-refractivity contribution is 5.85. The van der Waals surface area contributed by atoms with Gasteiger partial charge < -0.3 is 24.3 Å². The SMILES string of the molecule is CCOc1ccc(/C=C2\NCCc3cc(OCC)c(OCC)cc32)cc1OCC.Cl. The summed E-state index contributed by atoms with van der Waals surface area (Å²) in [4.78, 5) is 0. The molecule has 0 unspecified atom stereocenters. The molecule has 164 valence electrons. The summed E-state index contributed by atoms with van der Waals surface area (Å²) in [6.07, 6.45) is 3.10. The van der Waals surface area contributed by atoms with Crippen LogP contribution in [0.15, 0.2) is 30.3 Å². The lowest BCUT2D eigenvalue weighted by Crippen LogP contribution is -2.22. The van der Waals surface area contributed by atoms with Gasteiger partial charge in [-0.1, -0.05) is 6.07 Å². The molecule has 6 heteroatoms. The van der Waals surface area contributed by atoms with Crippen molar-refractivity contribution in [2.24, 2.45) is 0 Å². The van der Waals surface area contributed by atoms with Crippen LogP contribution >= 0.6 is 12.4 Å². The molecule has 0 saturated heterocycles. The van der Waals surface area contributed by atoms with Crippen molar-refractivity contribution in [3.8, 4) is 23.0 Å². The normalized spacial score (nSPS) is 13.7. The molecule has 1 N–H and O–H groups in total. The Morgan fingerprint density at radius 2 is 1.33 bits per heavy atom. The minimum atomic E-state index is 0. The minimum absolute atomic E-state index is 0. The Balaban J connectivity index is 0.00000320. The minimum Gasteiger partial charge on any atom is -0.490 e. The molecule has 0 bridgehead atoms. The van der Waals surface area contributed by atoms with Crippen molar-refractivity contribution < 1.29 is 18.9 Å². The van der Waals surface area contributed by atoms with E-state index in [0.29, 0.717) is 26.4 Å². The molecule has 0 amide bonds. The Kier molecular flexibility index (Phi) is 9.18. The lowest BCUT2D eigenvalue weighted by Gasteiger charge is -2.24. The van der Waals surface area contributed by atoms with Gasteiger partial charge in [0.1, 0.15) is 0 Å². The molecule has 3 rings (SSSR count). The van der Waals surface area contributed by atoms with Gasteiger partial charge in [0.2, 0.25) is 0 Å². The van der Waals surface area contributed by atoms with E-state index in [1.165, 1.54) is 5.56 Å². The van der Waals surface area contributed by atoms with Gasteiger partial charge in [-0.15, -0.1) is 12.4 Å². The van der Waals surface area contributed by atoms with Crippen LogP contribution in [0.2, 0.25) is 0 Å². The van der Waals surface area contributed by atoms with Crippen molar-refractivity contribution in [3.05, 3.63) is 47.0 Å². The van der Waals surface area contributed by atoms with Crippen LogP contribution in [0.4, 0.5) is 0 Å². The Morgan fingerprint density at radius 1 is 0.767 bits per heavy atom. The van der Waals surface area contributed by atoms with E-state index in [0.717, 1.165) is 52.8 Å². The van der Waals surface area contributed by atoms with Crippen molar-refractivity contribution in [1.82, 2.24) is 5.32 Å². The summed E-state index contributed by atoms with van der Waals surface area (Å²) >= 11 is 0. The molecular formula is C24H32ClNO4. The molecule has 1 heterocycles. The fourth-order valence-electron chi connectivity index (χ4n) is 3.48. The molecule has 0 aliphatic carbocycles. The Hall–Kier alpha value is -2.53. The summed E-state index contributed by atoms with van der Waals surface area (Å²) in [5.74, 6) is 3.13. The van der Waals surface area contributed by atoms with Crippen molar-refractivity contribution >= 4 is 24.2 Å².